The number of piperidine rings is 1. The first kappa shape index (κ1) is 19.9. The number of likely N-dealkylation sites (tertiary alicyclic amines) is 1. The molecule has 3 fully saturated rings. The van der Waals surface area contributed by atoms with Gasteiger partial charge in [0.15, 0.2) is 0 Å². The number of aryl methyl sites for hydroxylation is 1. The van der Waals surface area contributed by atoms with E-state index in [1.54, 1.807) is 0 Å². The number of halogens is 2. The topological polar surface area (TPSA) is 77.0 Å². The van der Waals surface area contributed by atoms with Gasteiger partial charge in [0.2, 0.25) is 5.91 Å². The van der Waals surface area contributed by atoms with Crippen LogP contribution in [-0.2, 0) is 17.8 Å². The molecule has 2 N–H and O–H groups in total. The molecule has 4 aliphatic rings. The second-order valence-corrected chi connectivity index (χ2v) is 8.29. The lowest BCUT2D eigenvalue weighted by Gasteiger charge is -2.37. The molecule has 5 atom stereocenters. The molecule has 1 amide bonds. The molecule has 0 radical (unpaired) electrons. The van der Waals surface area contributed by atoms with Crippen LogP contribution in [0.4, 0.5) is 0 Å². The van der Waals surface area contributed by atoms with Crippen LogP contribution in [0.1, 0.15) is 56.1 Å². The minimum Gasteiger partial charge on any atom is -0.342 e. The van der Waals surface area contributed by atoms with E-state index in [1.165, 1.54) is 25.7 Å². The fourth-order valence-corrected chi connectivity index (χ4v) is 5.78. The van der Waals surface area contributed by atoms with Crippen molar-refractivity contribution in [2.45, 2.75) is 63.5 Å². The number of carbonyl (C=O) groups excluding carboxylic acids is 1. The van der Waals surface area contributed by atoms with E-state index in [4.69, 9.17) is 5.73 Å². The Morgan fingerprint density at radius 1 is 1.04 bits per heavy atom. The first-order chi connectivity index (χ1) is 11.7. The number of carbonyl (C=O) groups is 1. The minimum absolute atomic E-state index is 0. The summed E-state index contributed by atoms with van der Waals surface area (Å²) in [7, 11) is 0. The van der Waals surface area contributed by atoms with E-state index in [2.05, 4.69) is 19.7 Å². The third kappa shape index (κ3) is 3.04. The van der Waals surface area contributed by atoms with Crippen molar-refractivity contribution >= 4 is 30.7 Å². The van der Waals surface area contributed by atoms with Gasteiger partial charge in [0, 0.05) is 38.0 Å². The SMILES string of the molecule is Cl.Cl.NC1C2CCC(C2)C1C(=O)N1CCCC(c2nnc3n2CCC3)C1. The quantitative estimate of drug-likeness (QED) is 0.823. The predicted molar refractivity (Wildman–Crippen MR) is 104 cm³/mol. The van der Waals surface area contributed by atoms with Crippen LogP contribution in [0.15, 0.2) is 0 Å². The Hall–Kier alpha value is -0.850. The third-order valence-electron chi connectivity index (χ3n) is 7.00. The Morgan fingerprint density at radius 3 is 2.62 bits per heavy atom. The van der Waals surface area contributed by atoms with E-state index in [1.807, 2.05) is 0 Å². The third-order valence-corrected chi connectivity index (χ3v) is 7.00. The maximum atomic E-state index is 13.2. The average Bonchev–Trinajstić information content (AvgIpc) is 3.35. The summed E-state index contributed by atoms with van der Waals surface area (Å²) in [4.78, 5) is 15.2. The van der Waals surface area contributed by atoms with Crippen molar-refractivity contribution in [1.29, 1.82) is 0 Å². The highest BCUT2D eigenvalue weighted by Gasteiger charge is 2.50. The summed E-state index contributed by atoms with van der Waals surface area (Å²) < 4.78 is 2.29. The van der Waals surface area contributed by atoms with Crippen LogP contribution >= 0.6 is 24.8 Å². The van der Waals surface area contributed by atoms with Gasteiger partial charge in [0.1, 0.15) is 11.6 Å². The highest BCUT2D eigenvalue weighted by Crippen LogP contribution is 2.48. The molecule has 2 aliphatic heterocycles. The summed E-state index contributed by atoms with van der Waals surface area (Å²) in [6.45, 7) is 2.73. The maximum Gasteiger partial charge on any atom is 0.227 e. The molecular formula is C18H29Cl2N5O. The smallest absolute Gasteiger partial charge is 0.227 e. The van der Waals surface area contributed by atoms with Gasteiger partial charge in [-0.1, -0.05) is 0 Å². The lowest BCUT2D eigenvalue weighted by Crippen LogP contribution is -2.49. The molecular weight excluding hydrogens is 373 g/mol. The van der Waals surface area contributed by atoms with Crippen LogP contribution in [0, 0.1) is 17.8 Å². The molecule has 146 valence electrons. The summed E-state index contributed by atoms with van der Waals surface area (Å²) in [6.07, 6.45) is 8.00. The van der Waals surface area contributed by atoms with Crippen molar-refractivity contribution in [3.05, 3.63) is 11.6 Å². The van der Waals surface area contributed by atoms with Crippen LogP contribution in [0.25, 0.3) is 0 Å². The molecule has 2 bridgehead atoms. The first-order valence-corrected chi connectivity index (χ1v) is 9.68. The van der Waals surface area contributed by atoms with Crippen LogP contribution in [0.5, 0.6) is 0 Å². The number of aromatic nitrogens is 3. The molecule has 2 aliphatic carbocycles. The summed E-state index contributed by atoms with van der Waals surface area (Å²) >= 11 is 0. The highest BCUT2D eigenvalue weighted by atomic mass is 35.5. The molecule has 5 unspecified atom stereocenters. The average molecular weight is 402 g/mol. The second-order valence-electron chi connectivity index (χ2n) is 8.29. The molecule has 1 aromatic rings. The van der Waals surface area contributed by atoms with Gasteiger partial charge in [-0.3, -0.25) is 4.79 Å². The molecule has 3 heterocycles. The molecule has 26 heavy (non-hydrogen) atoms. The van der Waals surface area contributed by atoms with E-state index >= 15 is 0 Å². The largest absolute Gasteiger partial charge is 0.342 e. The zero-order valence-corrected chi connectivity index (χ0v) is 16.7. The summed E-state index contributed by atoms with van der Waals surface area (Å²) in [6, 6.07) is 0.0916. The number of rotatable bonds is 2. The zero-order chi connectivity index (χ0) is 16.3. The van der Waals surface area contributed by atoms with Gasteiger partial charge in [-0.25, -0.2) is 0 Å². The van der Waals surface area contributed by atoms with E-state index in [9.17, 15) is 4.79 Å². The Bertz CT molecular complexity index is 664. The van der Waals surface area contributed by atoms with Crippen LogP contribution < -0.4 is 5.73 Å². The molecule has 5 rings (SSSR count). The van der Waals surface area contributed by atoms with Gasteiger partial charge >= 0.3 is 0 Å². The normalized spacial score (nSPS) is 35.0. The van der Waals surface area contributed by atoms with Gasteiger partial charge in [-0.2, -0.15) is 0 Å². The van der Waals surface area contributed by atoms with Crippen molar-refractivity contribution in [1.82, 2.24) is 19.7 Å². The van der Waals surface area contributed by atoms with Gasteiger partial charge < -0.3 is 15.2 Å². The number of nitrogens with two attached hydrogens (primary N) is 1. The number of hydrogen-bond donors (Lipinski definition) is 1. The highest BCUT2D eigenvalue weighted by molar-refractivity contribution is 5.85. The Balaban J connectivity index is 0.000000980. The van der Waals surface area contributed by atoms with Gasteiger partial charge in [-0.05, 0) is 50.4 Å². The van der Waals surface area contributed by atoms with E-state index in [-0.39, 0.29) is 36.8 Å². The Kier molecular flexibility index (Phi) is 5.85. The number of fused-ring (bicyclic) bond motifs is 3. The standard InChI is InChI=1S/C18H27N5O.2ClH/c19-16-12-6-5-11(9-12)15(16)18(24)22-7-1-3-13(10-22)17-21-20-14-4-2-8-23(14)17;;/h11-13,15-16H,1-10,19H2;2*1H. The Morgan fingerprint density at radius 2 is 1.85 bits per heavy atom. The molecule has 0 spiro atoms. The lowest BCUT2D eigenvalue weighted by atomic mass is 9.83. The summed E-state index contributed by atoms with van der Waals surface area (Å²) in [5, 5.41) is 8.81. The molecule has 2 saturated carbocycles. The van der Waals surface area contributed by atoms with Gasteiger partial charge in [-0.15, -0.1) is 35.0 Å². The van der Waals surface area contributed by atoms with E-state index in [0.717, 1.165) is 50.5 Å². The van der Waals surface area contributed by atoms with E-state index < -0.39 is 0 Å². The fraction of sp³-hybridized carbons (Fsp3) is 0.833. The van der Waals surface area contributed by atoms with Crippen LogP contribution in [0.2, 0.25) is 0 Å². The molecule has 1 saturated heterocycles. The minimum atomic E-state index is 0. The van der Waals surface area contributed by atoms with Crippen molar-refractivity contribution in [2.24, 2.45) is 23.5 Å². The molecule has 6 nitrogen and oxygen atoms in total. The molecule has 0 aromatic carbocycles. The molecule has 8 heteroatoms. The first-order valence-electron chi connectivity index (χ1n) is 9.68. The van der Waals surface area contributed by atoms with Gasteiger partial charge in [0.05, 0.1) is 5.92 Å². The number of amides is 1. The zero-order valence-electron chi connectivity index (χ0n) is 15.0. The maximum absolute atomic E-state index is 13.2. The van der Waals surface area contributed by atoms with Gasteiger partial charge in [0.25, 0.3) is 0 Å². The van der Waals surface area contributed by atoms with Crippen LogP contribution in [0.3, 0.4) is 0 Å². The summed E-state index contributed by atoms with van der Waals surface area (Å²) in [5.74, 6) is 4.10. The predicted octanol–water partition coefficient (Wildman–Crippen LogP) is 2.15. The fourth-order valence-electron chi connectivity index (χ4n) is 5.78. The Labute approximate surface area is 167 Å². The summed E-state index contributed by atoms with van der Waals surface area (Å²) in [5.41, 5.74) is 6.40. The number of nitrogens with zero attached hydrogens (tertiary/aromatic N) is 4. The second kappa shape index (κ2) is 7.64. The number of hydrogen-bond acceptors (Lipinski definition) is 4. The van der Waals surface area contributed by atoms with Crippen molar-refractivity contribution in [3.8, 4) is 0 Å². The van der Waals surface area contributed by atoms with E-state index in [0.29, 0.717) is 23.7 Å². The van der Waals surface area contributed by atoms with Crippen molar-refractivity contribution in [2.75, 3.05) is 13.1 Å². The lowest BCUT2D eigenvalue weighted by molar-refractivity contribution is -0.139. The molecule has 1 aromatic heterocycles. The monoisotopic (exact) mass is 401 g/mol. The van der Waals surface area contributed by atoms with Crippen LogP contribution in [-0.4, -0.2) is 44.7 Å². The van der Waals surface area contributed by atoms with Crippen molar-refractivity contribution in [3.63, 3.8) is 0 Å². The van der Waals surface area contributed by atoms with Crippen molar-refractivity contribution < 1.29 is 4.79 Å².